The number of nitrogens with one attached hydrogen (secondary N) is 1. The van der Waals surface area contributed by atoms with Gasteiger partial charge in [0.15, 0.2) is 0 Å². The number of rotatable bonds is 6. The van der Waals surface area contributed by atoms with Gasteiger partial charge in [0.1, 0.15) is 6.61 Å². The summed E-state index contributed by atoms with van der Waals surface area (Å²) in [4.78, 5) is 16.6. The molecule has 0 fully saturated rings. The summed E-state index contributed by atoms with van der Waals surface area (Å²) in [6.45, 7) is 0.860. The normalized spacial score (nSPS) is 12.6. The number of hydrogen-bond acceptors (Lipinski definition) is 3. The zero-order valence-corrected chi connectivity index (χ0v) is 17.7. The number of amides is 1. The molecule has 3 aromatic carbocycles. The molecule has 32 heavy (non-hydrogen) atoms. The number of ether oxygens (including phenoxy) is 1. The summed E-state index contributed by atoms with van der Waals surface area (Å²) in [5, 5.41) is 3.97. The number of pyridine rings is 1. The second-order valence-corrected chi connectivity index (χ2v) is 7.90. The van der Waals surface area contributed by atoms with E-state index in [2.05, 4.69) is 52.8 Å². The lowest BCUT2D eigenvalue weighted by Gasteiger charge is -2.14. The topological polar surface area (TPSA) is 51.2 Å². The molecule has 158 valence electrons. The van der Waals surface area contributed by atoms with Crippen molar-refractivity contribution in [3.05, 3.63) is 108 Å². The zero-order chi connectivity index (χ0) is 21.8. The van der Waals surface area contributed by atoms with Crippen LogP contribution in [0.4, 0.5) is 4.79 Å². The molecule has 1 heterocycles. The van der Waals surface area contributed by atoms with Gasteiger partial charge < -0.3 is 10.1 Å². The molecule has 0 saturated carbocycles. The Balaban J connectivity index is 1.12. The predicted molar refractivity (Wildman–Crippen MR) is 128 cm³/mol. The van der Waals surface area contributed by atoms with Crippen molar-refractivity contribution in [2.75, 3.05) is 13.2 Å². The van der Waals surface area contributed by atoms with Crippen LogP contribution in [0.25, 0.3) is 28.1 Å². The highest BCUT2D eigenvalue weighted by Crippen LogP contribution is 2.44. The van der Waals surface area contributed by atoms with Crippen LogP contribution in [-0.2, 0) is 4.74 Å². The Morgan fingerprint density at radius 1 is 0.938 bits per heavy atom. The maximum Gasteiger partial charge on any atom is 0.407 e. The third-order valence-electron chi connectivity index (χ3n) is 5.86. The molecule has 0 bridgehead atoms. The first kappa shape index (κ1) is 20.0. The van der Waals surface area contributed by atoms with E-state index in [9.17, 15) is 4.79 Å². The van der Waals surface area contributed by atoms with Gasteiger partial charge in [-0.3, -0.25) is 4.98 Å². The molecule has 0 aliphatic heterocycles. The van der Waals surface area contributed by atoms with E-state index in [0.717, 1.165) is 22.9 Å². The number of hydrogen-bond donors (Lipinski definition) is 1. The van der Waals surface area contributed by atoms with Gasteiger partial charge in [0.05, 0.1) is 5.52 Å². The molecule has 1 aliphatic carbocycles. The van der Waals surface area contributed by atoms with Gasteiger partial charge in [-0.05, 0) is 46.4 Å². The summed E-state index contributed by atoms with van der Waals surface area (Å²) in [6, 6.07) is 26.9. The van der Waals surface area contributed by atoms with E-state index in [1.807, 2.05) is 48.6 Å². The minimum Gasteiger partial charge on any atom is -0.449 e. The van der Waals surface area contributed by atoms with E-state index in [1.165, 1.54) is 22.3 Å². The largest absolute Gasteiger partial charge is 0.449 e. The highest BCUT2D eigenvalue weighted by molar-refractivity contribution is 5.81. The van der Waals surface area contributed by atoms with Crippen LogP contribution in [0.3, 0.4) is 0 Å². The molecule has 4 nitrogen and oxygen atoms in total. The molecule has 4 heteroatoms. The van der Waals surface area contributed by atoms with Gasteiger partial charge in [-0.2, -0.15) is 0 Å². The monoisotopic (exact) mass is 420 g/mol. The van der Waals surface area contributed by atoms with E-state index < -0.39 is 0 Å². The van der Waals surface area contributed by atoms with Crippen molar-refractivity contribution in [2.45, 2.75) is 12.3 Å². The summed E-state index contributed by atoms with van der Waals surface area (Å²) in [5.74, 6) is 0.0783. The minimum absolute atomic E-state index is 0.0783. The molecule has 1 aliphatic rings. The third-order valence-corrected chi connectivity index (χ3v) is 5.86. The number of aromatic nitrogens is 1. The van der Waals surface area contributed by atoms with Crippen LogP contribution >= 0.6 is 0 Å². The Bertz CT molecular complexity index is 1250. The molecule has 5 rings (SSSR count). The van der Waals surface area contributed by atoms with Crippen molar-refractivity contribution in [1.82, 2.24) is 10.3 Å². The Morgan fingerprint density at radius 3 is 2.47 bits per heavy atom. The first-order valence-corrected chi connectivity index (χ1v) is 10.9. The highest BCUT2D eigenvalue weighted by Gasteiger charge is 2.28. The Labute approximate surface area is 187 Å². The van der Waals surface area contributed by atoms with Gasteiger partial charge in [0.2, 0.25) is 0 Å². The summed E-state index contributed by atoms with van der Waals surface area (Å²) >= 11 is 0. The summed E-state index contributed by atoms with van der Waals surface area (Å²) < 4.78 is 5.57. The van der Waals surface area contributed by atoms with Crippen LogP contribution in [0, 0.1) is 0 Å². The smallest absolute Gasteiger partial charge is 0.407 e. The number of benzene rings is 3. The Hall–Kier alpha value is -3.92. The summed E-state index contributed by atoms with van der Waals surface area (Å²) in [6.07, 6.45) is 6.25. The number of alkyl carbamates (subject to hydrolysis) is 1. The molecular formula is C28H24N2O2. The van der Waals surface area contributed by atoms with Gasteiger partial charge in [0, 0.05) is 24.0 Å². The number of nitrogens with zero attached hydrogens (tertiary/aromatic N) is 1. The van der Waals surface area contributed by atoms with Gasteiger partial charge in [-0.1, -0.05) is 78.9 Å². The van der Waals surface area contributed by atoms with Crippen molar-refractivity contribution < 1.29 is 9.53 Å². The maximum absolute atomic E-state index is 12.2. The molecule has 1 amide bonds. The lowest BCUT2D eigenvalue weighted by atomic mass is 9.98. The molecule has 0 saturated heterocycles. The van der Waals surface area contributed by atoms with Crippen LogP contribution in [-0.4, -0.2) is 24.2 Å². The van der Waals surface area contributed by atoms with E-state index in [0.29, 0.717) is 13.2 Å². The molecular weight excluding hydrogens is 396 g/mol. The molecule has 1 N–H and O–H groups in total. The summed E-state index contributed by atoms with van der Waals surface area (Å²) in [7, 11) is 0. The molecule has 0 radical (unpaired) electrons. The van der Waals surface area contributed by atoms with Gasteiger partial charge in [0.25, 0.3) is 0 Å². The predicted octanol–water partition coefficient (Wildman–Crippen LogP) is 6.18. The highest BCUT2D eigenvalue weighted by atomic mass is 16.5. The van der Waals surface area contributed by atoms with Crippen LogP contribution in [0.5, 0.6) is 0 Å². The van der Waals surface area contributed by atoms with Crippen molar-refractivity contribution in [2.24, 2.45) is 0 Å². The molecule has 0 spiro atoms. The average Bonchev–Trinajstić information content (AvgIpc) is 3.16. The quantitative estimate of drug-likeness (QED) is 0.379. The van der Waals surface area contributed by atoms with Crippen LogP contribution in [0.2, 0.25) is 0 Å². The second-order valence-electron chi connectivity index (χ2n) is 7.90. The maximum atomic E-state index is 12.2. The molecule has 0 unspecified atom stereocenters. The van der Waals surface area contributed by atoms with E-state index >= 15 is 0 Å². The van der Waals surface area contributed by atoms with Crippen molar-refractivity contribution in [3.63, 3.8) is 0 Å². The molecule has 4 aromatic rings. The fourth-order valence-electron chi connectivity index (χ4n) is 4.31. The molecule has 1 aromatic heterocycles. The second kappa shape index (κ2) is 9.06. The SMILES string of the molecule is O=C(NCCC=Cc1ccc2cccnc2c1)OCC1c2ccccc2-c2ccccc21. The van der Waals surface area contributed by atoms with Gasteiger partial charge in [-0.15, -0.1) is 0 Å². The van der Waals surface area contributed by atoms with Crippen LogP contribution in [0.1, 0.15) is 29.0 Å². The van der Waals surface area contributed by atoms with Crippen LogP contribution < -0.4 is 5.32 Å². The number of carbonyl (C=O) groups excluding carboxylic acids is 1. The fourth-order valence-corrected chi connectivity index (χ4v) is 4.31. The van der Waals surface area contributed by atoms with Crippen molar-refractivity contribution in [1.29, 1.82) is 0 Å². The third kappa shape index (κ3) is 4.12. The van der Waals surface area contributed by atoms with E-state index in [-0.39, 0.29) is 12.0 Å². The average molecular weight is 421 g/mol. The fraction of sp³-hybridized carbons (Fsp3) is 0.143. The lowest BCUT2D eigenvalue weighted by Crippen LogP contribution is -2.26. The van der Waals surface area contributed by atoms with E-state index in [4.69, 9.17) is 4.74 Å². The standard InChI is InChI=1S/C28H24N2O2/c31-28(30-16-6-5-8-20-14-15-21-9-7-17-29-27(21)18-20)32-19-26-24-12-3-1-10-22(24)23-11-2-4-13-25(23)26/h1-5,7-15,17-18,26H,6,16,19H2,(H,30,31). The number of carbonyl (C=O) groups is 1. The number of fused-ring (bicyclic) bond motifs is 4. The Morgan fingerprint density at radius 2 is 1.69 bits per heavy atom. The van der Waals surface area contributed by atoms with Gasteiger partial charge >= 0.3 is 6.09 Å². The Kier molecular flexibility index (Phi) is 5.67. The first-order valence-electron chi connectivity index (χ1n) is 10.9. The molecule has 0 atom stereocenters. The minimum atomic E-state index is -0.379. The lowest BCUT2D eigenvalue weighted by molar-refractivity contribution is 0.143. The first-order chi connectivity index (χ1) is 15.8. The van der Waals surface area contributed by atoms with E-state index in [1.54, 1.807) is 6.20 Å². The van der Waals surface area contributed by atoms with Crippen molar-refractivity contribution >= 4 is 23.1 Å². The summed E-state index contributed by atoms with van der Waals surface area (Å²) in [5.41, 5.74) is 6.96. The van der Waals surface area contributed by atoms with Gasteiger partial charge in [-0.25, -0.2) is 4.79 Å². The zero-order valence-electron chi connectivity index (χ0n) is 17.7. The van der Waals surface area contributed by atoms with Crippen LogP contribution in [0.15, 0.2) is 91.1 Å². The van der Waals surface area contributed by atoms with Crippen molar-refractivity contribution in [3.8, 4) is 11.1 Å².